The molecule has 8 nitrogen and oxygen atoms in total. The molecule has 26 heavy (non-hydrogen) atoms. The lowest BCUT2D eigenvalue weighted by Gasteiger charge is -2.23. The van der Waals surface area contributed by atoms with Gasteiger partial charge in [-0.3, -0.25) is 19.8 Å². The fraction of sp³-hybridized carbons (Fsp3) is 0.222. The summed E-state index contributed by atoms with van der Waals surface area (Å²) in [5.41, 5.74) is 1.07. The van der Waals surface area contributed by atoms with E-state index in [0.29, 0.717) is 24.3 Å². The highest BCUT2D eigenvalue weighted by molar-refractivity contribution is 6.01. The first-order valence-corrected chi connectivity index (χ1v) is 8.16. The monoisotopic (exact) mass is 356 g/mol. The smallest absolute Gasteiger partial charge is 0.326 e. The molecule has 0 unspecified atom stereocenters. The normalized spacial score (nSPS) is 10.0. The fourth-order valence-electron chi connectivity index (χ4n) is 2.25. The molecule has 0 heterocycles. The summed E-state index contributed by atoms with van der Waals surface area (Å²) < 4.78 is 0. The summed E-state index contributed by atoms with van der Waals surface area (Å²) in [6.07, 6.45) is 0.375. The number of nitro benzene ring substituents is 1. The second-order valence-corrected chi connectivity index (χ2v) is 5.42. The number of hydrogen-bond donors (Lipinski definition) is 2. The minimum absolute atomic E-state index is 0.0507. The average Bonchev–Trinajstić information content (AvgIpc) is 2.66. The van der Waals surface area contributed by atoms with Crippen molar-refractivity contribution in [1.82, 2.24) is 5.32 Å². The Bertz CT molecular complexity index is 763. The van der Waals surface area contributed by atoms with Gasteiger partial charge in [-0.05, 0) is 24.3 Å². The van der Waals surface area contributed by atoms with Gasteiger partial charge in [0, 0.05) is 43.0 Å². The van der Waals surface area contributed by atoms with Crippen LogP contribution in [0.5, 0.6) is 0 Å². The van der Waals surface area contributed by atoms with E-state index in [1.54, 1.807) is 19.1 Å². The summed E-state index contributed by atoms with van der Waals surface area (Å²) in [7, 11) is 0. The number of hydrogen-bond acceptors (Lipinski definition) is 4. The first-order valence-electron chi connectivity index (χ1n) is 8.16. The molecule has 0 spiro atoms. The van der Waals surface area contributed by atoms with E-state index in [1.807, 2.05) is 18.2 Å². The third kappa shape index (κ3) is 5.30. The Hall–Kier alpha value is -3.42. The number of nitro groups is 1. The van der Waals surface area contributed by atoms with Gasteiger partial charge < -0.3 is 10.6 Å². The second kappa shape index (κ2) is 9.16. The number of nitrogens with one attached hydrogen (secondary N) is 2. The van der Waals surface area contributed by atoms with E-state index in [1.165, 1.54) is 29.2 Å². The van der Waals surface area contributed by atoms with Crippen LogP contribution < -0.4 is 15.5 Å². The molecular weight excluding hydrogens is 336 g/mol. The van der Waals surface area contributed by atoms with E-state index in [4.69, 9.17) is 0 Å². The Morgan fingerprint density at radius 1 is 1.08 bits per heavy atom. The number of carbonyl (C=O) groups excluding carboxylic acids is 2. The van der Waals surface area contributed by atoms with E-state index in [-0.39, 0.29) is 18.1 Å². The lowest BCUT2D eigenvalue weighted by atomic mass is 10.2. The van der Waals surface area contributed by atoms with Gasteiger partial charge in [0.15, 0.2) is 0 Å². The molecule has 0 radical (unpaired) electrons. The molecule has 0 saturated carbocycles. The van der Waals surface area contributed by atoms with Gasteiger partial charge in [-0.25, -0.2) is 4.79 Å². The number of nitrogens with zero attached hydrogens (tertiary/aromatic N) is 2. The molecule has 0 aromatic heterocycles. The molecule has 8 heteroatoms. The van der Waals surface area contributed by atoms with Gasteiger partial charge >= 0.3 is 6.03 Å². The third-order valence-electron chi connectivity index (χ3n) is 3.62. The van der Waals surface area contributed by atoms with Gasteiger partial charge in [0.25, 0.3) is 5.69 Å². The van der Waals surface area contributed by atoms with Crippen molar-refractivity contribution in [3.8, 4) is 0 Å². The fourth-order valence-corrected chi connectivity index (χ4v) is 2.25. The molecule has 0 saturated heterocycles. The molecule has 0 aliphatic carbocycles. The van der Waals surface area contributed by atoms with Crippen LogP contribution in [0.1, 0.15) is 13.3 Å². The molecule has 136 valence electrons. The van der Waals surface area contributed by atoms with Crippen molar-refractivity contribution in [2.45, 2.75) is 13.3 Å². The first-order chi connectivity index (χ1) is 12.5. The number of rotatable bonds is 7. The molecule has 0 aliphatic heterocycles. The highest BCUT2D eigenvalue weighted by Crippen LogP contribution is 2.18. The molecule has 0 aliphatic rings. The highest BCUT2D eigenvalue weighted by atomic mass is 16.6. The summed E-state index contributed by atoms with van der Waals surface area (Å²) in [4.78, 5) is 35.7. The highest BCUT2D eigenvalue weighted by Gasteiger charge is 2.16. The van der Waals surface area contributed by atoms with Crippen LogP contribution in [0.15, 0.2) is 54.6 Å². The third-order valence-corrected chi connectivity index (χ3v) is 3.62. The van der Waals surface area contributed by atoms with Crippen molar-refractivity contribution in [2.24, 2.45) is 0 Å². The van der Waals surface area contributed by atoms with E-state index < -0.39 is 11.0 Å². The van der Waals surface area contributed by atoms with Gasteiger partial charge in [0.1, 0.15) is 0 Å². The summed E-state index contributed by atoms with van der Waals surface area (Å²) >= 11 is 0. The average molecular weight is 356 g/mol. The largest absolute Gasteiger partial charge is 0.354 e. The van der Waals surface area contributed by atoms with Crippen molar-refractivity contribution in [3.63, 3.8) is 0 Å². The van der Waals surface area contributed by atoms with Crippen LogP contribution in [0, 0.1) is 10.1 Å². The molecular formula is C18H20N4O4. The molecule has 0 atom stereocenters. The maximum Gasteiger partial charge on any atom is 0.326 e. The Morgan fingerprint density at radius 3 is 2.31 bits per heavy atom. The van der Waals surface area contributed by atoms with E-state index in [0.717, 1.165) is 0 Å². The molecule has 0 bridgehead atoms. The summed E-state index contributed by atoms with van der Waals surface area (Å²) in [5.74, 6) is -0.0891. The van der Waals surface area contributed by atoms with Crippen LogP contribution in [0.4, 0.5) is 21.9 Å². The molecule has 2 aromatic carbocycles. The quantitative estimate of drug-likeness (QED) is 0.587. The van der Waals surface area contributed by atoms with Crippen molar-refractivity contribution in [1.29, 1.82) is 0 Å². The molecule has 2 N–H and O–H groups in total. The molecule has 3 amide bonds. The standard InChI is InChI=1S/C18H20N4O4/c1-2-17(23)19-12-13-21(15-6-4-3-5-7-15)18(24)20-14-8-10-16(11-9-14)22(25)26/h3-11H,2,12-13H2,1H3,(H,19,23)(H,20,24). The van der Waals surface area contributed by atoms with Gasteiger partial charge in [-0.2, -0.15) is 0 Å². The van der Waals surface area contributed by atoms with Crippen molar-refractivity contribution in [2.75, 3.05) is 23.3 Å². The molecule has 0 fully saturated rings. The zero-order valence-electron chi connectivity index (χ0n) is 14.3. The maximum atomic E-state index is 12.6. The number of non-ortho nitro benzene ring substituents is 1. The predicted molar refractivity (Wildman–Crippen MR) is 99.2 cm³/mol. The topological polar surface area (TPSA) is 105 Å². The van der Waals surface area contributed by atoms with Crippen molar-refractivity contribution in [3.05, 3.63) is 64.7 Å². The van der Waals surface area contributed by atoms with E-state index >= 15 is 0 Å². The van der Waals surface area contributed by atoms with E-state index in [9.17, 15) is 19.7 Å². The maximum absolute atomic E-state index is 12.6. The first kappa shape index (κ1) is 18.9. The second-order valence-electron chi connectivity index (χ2n) is 5.42. The number of amides is 3. The minimum Gasteiger partial charge on any atom is -0.354 e. The van der Waals surface area contributed by atoms with Gasteiger partial charge in [0.05, 0.1) is 4.92 Å². The number of benzene rings is 2. The molecule has 2 aromatic rings. The Labute approximate surface area is 151 Å². The zero-order valence-corrected chi connectivity index (χ0v) is 14.3. The van der Waals surface area contributed by atoms with Crippen LogP contribution in [-0.4, -0.2) is 30.0 Å². The molecule has 2 rings (SSSR count). The van der Waals surface area contributed by atoms with Crippen LogP contribution in [0.25, 0.3) is 0 Å². The van der Waals surface area contributed by atoms with Crippen LogP contribution in [0.2, 0.25) is 0 Å². The predicted octanol–water partition coefficient (Wildman–Crippen LogP) is 3.16. The number of anilines is 2. The number of urea groups is 1. The van der Waals surface area contributed by atoms with Crippen molar-refractivity contribution < 1.29 is 14.5 Å². The van der Waals surface area contributed by atoms with Gasteiger partial charge in [-0.1, -0.05) is 25.1 Å². The lowest BCUT2D eigenvalue weighted by molar-refractivity contribution is -0.384. The van der Waals surface area contributed by atoms with Crippen LogP contribution in [-0.2, 0) is 4.79 Å². The lowest BCUT2D eigenvalue weighted by Crippen LogP contribution is -2.40. The van der Waals surface area contributed by atoms with Gasteiger partial charge in [0.2, 0.25) is 5.91 Å². The zero-order chi connectivity index (χ0) is 18.9. The summed E-state index contributed by atoms with van der Waals surface area (Å²) in [6, 6.07) is 14.2. The SMILES string of the molecule is CCC(=O)NCCN(C(=O)Nc1ccc([N+](=O)[O-])cc1)c1ccccc1. The summed E-state index contributed by atoms with van der Waals surface area (Å²) in [6.45, 7) is 2.36. The summed E-state index contributed by atoms with van der Waals surface area (Å²) in [5, 5.41) is 16.1. The van der Waals surface area contributed by atoms with Gasteiger partial charge in [-0.15, -0.1) is 0 Å². The number of carbonyl (C=O) groups is 2. The van der Waals surface area contributed by atoms with Crippen molar-refractivity contribution >= 4 is 29.0 Å². The number of para-hydroxylation sites is 1. The Balaban J connectivity index is 2.09. The van der Waals surface area contributed by atoms with Crippen LogP contribution >= 0.6 is 0 Å². The minimum atomic E-state index is -0.502. The van der Waals surface area contributed by atoms with Crippen LogP contribution in [0.3, 0.4) is 0 Å². The Morgan fingerprint density at radius 2 is 1.73 bits per heavy atom. The Kier molecular flexibility index (Phi) is 6.67. The van der Waals surface area contributed by atoms with E-state index in [2.05, 4.69) is 10.6 Å².